The molecule has 7 nitrogen and oxygen atoms in total. The Hall–Kier alpha value is -1.42. The van der Waals surface area contributed by atoms with Crippen LogP contribution < -0.4 is 5.32 Å². The van der Waals surface area contributed by atoms with E-state index in [1.165, 1.54) is 6.07 Å². The quantitative estimate of drug-likeness (QED) is 0.305. The van der Waals surface area contributed by atoms with Crippen molar-refractivity contribution in [3.63, 3.8) is 0 Å². The lowest BCUT2D eigenvalue weighted by atomic mass is 10.1. The number of ether oxygens (including phenoxy) is 2. The van der Waals surface area contributed by atoms with Gasteiger partial charge >= 0.3 is 6.09 Å². The number of hydrogen-bond donors (Lipinski definition) is 1. The average molecular weight is 436 g/mol. The molecule has 0 saturated heterocycles. The summed E-state index contributed by atoms with van der Waals surface area (Å²) in [5, 5.41) is 13.8. The van der Waals surface area contributed by atoms with E-state index in [2.05, 4.69) is 27.9 Å². The van der Waals surface area contributed by atoms with Crippen molar-refractivity contribution < 1.29 is 19.2 Å². The molecule has 0 fully saturated rings. The highest BCUT2D eigenvalue weighted by atomic mass is 127. The summed E-state index contributed by atoms with van der Waals surface area (Å²) in [6, 6.07) is 6.35. The monoisotopic (exact) mass is 436 g/mol. The van der Waals surface area contributed by atoms with Crippen LogP contribution in [0.15, 0.2) is 24.3 Å². The second kappa shape index (κ2) is 9.02. The molecule has 0 heterocycles. The molecule has 128 valence electrons. The Balaban J connectivity index is 2.85. The Bertz CT molecular complexity index is 545. The van der Waals surface area contributed by atoms with Gasteiger partial charge in [-0.25, -0.2) is 4.79 Å². The minimum absolute atomic E-state index is 0.0306. The first-order valence-corrected chi connectivity index (χ1v) is 8.65. The number of benzene rings is 1. The van der Waals surface area contributed by atoms with E-state index in [-0.39, 0.29) is 12.2 Å². The first-order valence-electron chi connectivity index (χ1n) is 7.12. The molecule has 23 heavy (non-hydrogen) atoms. The minimum Gasteiger partial charge on any atom is -0.444 e. The maximum atomic E-state index is 11.8. The van der Waals surface area contributed by atoms with E-state index in [1.807, 2.05) is 0 Å². The average Bonchev–Trinajstić information content (AvgIpc) is 2.45. The predicted octanol–water partition coefficient (Wildman–Crippen LogP) is 3.61. The zero-order chi connectivity index (χ0) is 17.5. The van der Waals surface area contributed by atoms with Gasteiger partial charge in [-0.1, -0.05) is 34.7 Å². The van der Waals surface area contributed by atoms with Crippen LogP contribution in [-0.2, 0) is 9.47 Å². The van der Waals surface area contributed by atoms with E-state index in [4.69, 9.17) is 9.47 Å². The summed E-state index contributed by atoms with van der Waals surface area (Å²) in [7, 11) is 0. The smallest absolute Gasteiger partial charge is 0.407 e. The number of amides is 1. The molecule has 0 radical (unpaired) electrons. The molecule has 1 aromatic rings. The maximum Gasteiger partial charge on any atom is 0.407 e. The predicted molar refractivity (Wildman–Crippen MR) is 94.9 cm³/mol. The van der Waals surface area contributed by atoms with E-state index in [0.717, 1.165) is 4.43 Å². The van der Waals surface area contributed by atoms with Gasteiger partial charge in [0.1, 0.15) is 11.7 Å². The Morgan fingerprint density at radius 1 is 1.39 bits per heavy atom. The topological polar surface area (TPSA) is 90.7 Å². The lowest BCUT2D eigenvalue weighted by molar-refractivity contribution is -0.386. The second-order valence-corrected chi connectivity index (χ2v) is 6.83. The number of halogens is 1. The number of nitro benzene ring substituents is 1. The molecule has 1 aromatic carbocycles. The van der Waals surface area contributed by atoms with E-state index < -0.39 is 22.7 Å². The maximum absolute atomic E-state index is 11.8. The zero-order valence-electron chi connectivity index (χ0n) is 13.4. The van der Waals surface area contributed by atoms with Crippen LogP contribution >= 0.6 is 22.6 Å². The van der Waals surface area contributed by atoms with Crippen molar-refractivity contribution in [2.45, 2.75) is 32.5 Å². The number of para-hydroxylation sites is 1. The first kappa shape index (κ1) is 19.6. The highest BCUT2D eigenvalue weighted by Crippen LogP contribution is 2.27. The Morgan fingerprint density at radius 3 is 2.61 bits per heavy atom. The van der Waals surface area contributed by atoms with Crippen molar-refractivity contribution in [2.24, 2.45) is 0 Å². The molecule has 0 aliphatic carbocycles. The van der Waals surface area contributed by atoms with Gasteiger partial charge in [0.25, 0.3) is 5.69 Å². The molecule has 1 amide bonds. The van der Waals surface area contributed by atoms with Gasteiger partial charge in [0, 0.05) is 10.5 Å². The zero-order valence-corrected chi connectivity index (χ0v) is 15.5. The number of carbonyl (C=O) groups excluding carboxylic acids is 1. The summed E-state index contributed by atoms with van der Waals surface area (Å²) in [6.45, 7) is 5.81. The number of nitro groups is 1. The molecule has 0 spiro atoms. The van der Waals surface area contributed by atoms with Gasteiger partial charge < -0.3 is 14.8 Å². The number of hydrogen-bond acceptors (Lipinski definition) is 5. The second-order valence-electron chi connectivity index (χ2n) is 5.75. The summed E-state index contributed by atoms with van der Waals surface area (Å²) < 4.78 is 11.6. The molecule has 0 aromatic heterocycles. The number of alkyl carbamates (subject to hydrolysis) is 1. The van der Waals surface area contributed by atoms with Crippen LogP contribution in [0.3, 0.4) is 0 Å². The van der Waals surface area contributed by atoms with Crippen LogP contribution in [0.25, 0.3) is 0 Å². The molecular weight excluding hydrogens is 415 g/mol. The van der Waals surface area contributed by atoms with Crippen LogP contribution in [0.5, 0.6) is 0 Å². The molecular formula is C15H21IN2O5. The molecule has 0 saturated carbocycles. The molecule has 1 unspecified atom stereocenters. The minimum atomic E-state index is -0.612. The van der Waals surface area contributed by atoms with Crippen molar-refractivity contribution in [3.05, 3.63) is 39.9 Å². The number of rotatable bonds is 7. The van der Waals surface area contributed by atoms with Crippen LogP contribution in [0.1, 0.15) is 32.4 Å². The number of nitrogens with zero attached hydrogens (tertiary/aromatic N) is 1. The number of carbonyl (C=O) groups is 1. The van der Waals surface area contributed by atoms with E-state index in [0.29, 0.717) is 12.2 Å². The summed E-state index contributed by atoms with van der Waals surface area (Å²) in [6.07, 6.45) is -1.20. The van der Waals surface area contributed by atoms with Gasteiger partial charge in [0.15, 0.2) is 0 Å². The van der Waals surface area contributed by atoms with Gasteiger partial charge in [0.05, 0.1) is 23.6 Å². The third-order valence-electron chi connectivity index (χ3n) is 2.71. The van der Waals surface area contributed by atoms with E-state index >= 15 is 0 Å². The molecule has 0 aliphatic rings. The fourth-order valence-electron chi connectivity index (χ4n) is 1.86. The van der Waals surface area contributed by atoms with Crippen molar-refractivity contribution in [3.8, 4) is 0 Å². The van der Waals surface area contributed by atoms with Crippen molar-refractivity contribution in [1.82, 2.24) is 5.32 Å². The van der Waals surface area contributed by atoms with Crippen molar-refractivity contribution in [1.29, 1.82) is 0 Å². The third-order valence-corrected chi connectivity index (χ3v) is 3.15. The van der Waals surface area contributed by atoms with Gasteiger partial charge in [-0.15, -0.1) is 0 Å². The summed E-state index contributed by atoms with van der Waals surface area (Å²) >= 11 is 2.15. The molecule has 1 N–H and O–H groups in total. The Labute approximate surface area is 149 Å². The Kier molecular flexibility index (Phi) is 7.69. The van der Waals surface area contributed by atoms with Crippen LogP contribution in [0.4, 0.5) is 10.5 Å². The van der Waals surface area contributed by atoms with Crippen molar-refractivity contribution >= 4 is 34.4 Å². The molecule has 8 heteroatoms. The molecule has 0 aliphatic heterocycles. The lowest BCUT2D eigenvalue weighted by Gasteiger charge is -2.22. The summed E-state index contributed by atoms with van der Waals surface area (Å²) in [4.78, 5) is 22.5. The SMILES string of the molecule is CC(C)(C)OC(=O)NCC(OCCI)c1ccccc1[N+](=O)[O-]. The van der Waals surface area contributed by atoms with Gasteiger partial charge in [-0.2, -0.15) is 0 Å². The van der Waals surface area contributed by atoms with E-state index in [1.54, 1.807) is 39.0 Å². The first-order chi connectivity index (χ1) is 10.7. The number of alkyl halides is 1. The normalized spacial score (nSPS) is 12.5. The molecule has 1 atom stereocenters. The standard InChI is InChI=1S/C15H21IN2O5/c1-15(2,3)23-14(19)17-10-13(22-9-8-16)11-6-4-5-7-12(11)18(20)21/h4-7,13H,8-10H2,1-3H3,(H,17,19). The van der Waals surface area contributed by atoms with Crippen LogP contribution in [0, 0.1) is 10.1 Å². The fraction of sp³-hybridized carbons (Fsp3) is 0.533. The molecule has 1 rings (SSSR count). The lowest BCUT2D eigenvalue weighted by Crippen LogP contribution is -2.35. The third kappa shape index (κ3) is 7.12. The van der Waals surface area contributed by atoms with Gasteiger partial charge in [0.2, 0.25) is 0 Å². The summed E-state index contributed by atoms with van der Waals surface area (Å²) in [5.41, 5.74) is -0.211. The van der Waals surface area contributed by atoms with Crippen LogP contribution in [-0.4, -0.2) is 34.2 Å². The summed E-state index contributed by atoms with van der Waals surface area (Å²) in [5.74, 6) is 0. The van der Waals surface area contributed by atoms with Gasteiger partial charge in [-0.05, 0) is 26.8 Å². The largest absolute Gasteiger partial charge is 0.444 e. The molecule has 0 bridgehead atoms. The fourth-order valence-corrected chi connectivity index (χ4v) is 2.12. The Morgan fingerprint density at radius 2 is 2.04 bits per heavy atom. The highest BCUT2D eigenvalue weighted by molar-refractivity contribution is 14.1. The van der Waals surface area contributed by atoms with Gasteiger partial charge in [-0.3, -0.25) is 10.1 Å². The number of nitrogens with one attached hydrogen (secondary N) is 1. The van der Waals surface area contributed by atoms with Crippen LogP contribution in [0.2, 0.25) is 0 Å². The van der Waals surface area contributed by atoms with E-state index in [9.17, 15) is 14.9 Å². The van der Waals surface area contributed by atoms with Crippen molar-refractivity contribution in [2.75, 3.05) is 17.6 Å². The highest BCUT2D eigenvalue weighted by Gasteiger charge is 2.24.